The minimum Gasteiger partial charge on any atom is -0.511 e. The Bertz CT molecular complexity index is 594. The molecule has 0 aromatic heterocycles. The van der Waals surface area contributed by atoms with Crippen LogP contribution in [0.25, 0.3) is 0 Å². The van der Waals surface area contributed by atoms with Crippen molar-refractivity contribution in [1.82, 2.24) is 4.90 Å². The maximum absolute atomic E-state index is 12.5. The van der Waals surface area contributed by atoms with Crippen molar-refractivity contribution < 1.29 is 9.90 Å². The van der Waals surface area contributed by atoms with Gasteiger partial charge in [0.2, 0.25) is 0 Å². The van der Waals surface area contributed by atoms with Crippen molar-refractivity contribution in [2.45, 2.75) is 19.3 Å². The highest BCUT2D eigenvalue weighted by molar-refractivity contribution is 7.81. The molecule has 0 radical (unpaired) electrons. The van der Waals surface area contributed by atoms with Crippen LogP contribution in [0, 0.1) is 5.92 Å². The number of amides is 1. The van der Waals surface area contributed by atoms with E-state index in [0.29, 0.717) is 23.9 Å². The summed E-state index contributed by atoms with van der Waals surface area (Å²) in [5.74, 6) is 0.575. The van der Waals surface area contributed by atoms with Crippen LogP contribution in [0.5, 0.6) is 0 Å². The lowest BCUT2D eigenvalue weighted by Crippen LogP contribution is -2.41. The van der Waals surface area contributed by atoms with Gasteiger partial charge in [0.05, 0.1) is 0 Å². The molecule has 4 nitrogen and oxygen atoms in total. The first kappa shape index (κ1) is 14.1. The van der Waals surface area contributed by atoms with Gasteiger partial charge in [0.15, 0.2) is 0 Å². The van der Waals surface area contributed by atoms with Crippen LogP contribution < -0.4 is 5.32 Å². The third kappa shape index (κ3) is 3.24. The Morgan fingerprint density at radius 1 is 1.33 bits per heavy atom. The SMILES string of the molecule is O=C1C(C(=S)Nc2ccccc2)=C(O)CCN1CC1CC1. The maximum atomic E-state index is 12.5. The number of aliphatic hydroxyl groups is 1. The van der Waals surface area contributed by atoms with Gasteiger partial charge in [0, 0.05) is 25.2 Å². The van der Waals surface area contributed by atoms with E-state index in [9.17, 15) is 9.90 Å². The highest BCUT2D eigenvalue weighted by atomic mass is 32.1. The number of benzene rings is 1. The highest BCUT2D eigenvalue weighted by Gasteiger charge is 2.33. The minimum absolute atomic E-state index is 0.0977. The number of anilines is 1. The first-order chi connectivity index (χ1) is 10.1. The van der Waals surface area contributed by atoms with E-state index in [2.05, 4.69) is 5.32 Å². The van der Waals surface area contributed by atoms with Crippen LogP contribution in [-0.4, -0.2) is 34.0 Å². The summed E-state index contributed by atoms with van der Waals surface area (Å²) < 4.78 is 0. The number of rotatable bonds is 4. The number of para-hydroxylation sites is 1. The first-order valence-corrected chi connectivity index (χ1v) is 7.64. The second kappa shape index (κ2) is 5.85. The molecule has 1 heterocycles. The predicted octanol–water partition coefficient (Wildman–Crippen LogP) is 2.88. The van der Waals surface area contributed by atoms with Crippen molar-refractivity contribution in [2.24, 2.45) is 5.92 Å². The second-order valence-electron chi connectivity index (χ2n) is 5.59. The van der Waals surface area contributed by atoms with Crippen LogP contribution in [-0.2, 0) is 4.79 Å². The fourth-order valence-corrected chi connectivity index (χ4v) is 2.80. The van der Waals surface area contributed by atoms with Crippen LogP contribution in [0.2, 0.25) is 0 Å². The van der Waals surface area contributed by atoms with Gasteiger partial charge in [-0.25, -0.2) is 0 Å². The molecule has 1 aromatic rings. The number of nitrogens with zero attached hydrogens (tertiary/aromatic N) is 1. The summed E-state index contributed by atoms with van der Waals surface area (Å²) in [4.78, 5) is 14.6. The van der Waals surface area contributed by atoms with E-state index in [-0.39, 0.29) is 17.2 Å². The molecule has 1 aliphatic carbocycles. The molecular weight excluding hydrogens is 284 g/mol. The maximum Gasteiger partial charge on any atom is 0.260 e. The van der Waals surface area contributed by atoms with Gasteiger partial charge in [-0.3, -0.25) is 4.79 Å². The van der Waals surface area contributed by atoms with Crippen LogP contribution >= 0.6 is 12.2 Å². The van der Waals surface area contributed by atoms with Gasteiger partial charge in [-0.05, 0) is 30.9 Å². The Morgan fingerprint density at radius 2 is 2.05 bits per heavy atom. The lowest BCUT2D eigenvalue weighted by atomic mass is 10.1. The Labute approximate surface area is 129 Å². The Balaban J connectivity index is 1.74. The Kier molecular flexibility index (Phi) is 3.92. The summed E-state index contributed by atoms with van der Waals surface area (Å²) in [7, 11) is 0. The number of hydrogen-bond acceptors (Lipinski definition) is 3. The third-order valence-corrected chi connectivity index (χ3v) is 4.15. The average Bonchev–Trinajstić information content (AvgIpc) is 3.27. The van der Waals surface area contributed by atoms with Crippen LogP contribution in [0.4, 0.5) is 5.69 Å². The van der Waals surface area contributed by atoms with E-state index in [1.165, 1.54) is 12.8 Å². The van der Waals surface area contributed by atoms with E-state index in [1.54, 1.807) is 0 Å². The molecule has 0 bridgehead atoms. The molecule has 21 heavy (non-hydrogen) atoms. The molecule has 1 amide bonds. The van der Waals surface area contributed by atoms with Crippen LogP contribution in [0.15, 0.2) is 41.7 Å². The van der Waals surface area contributed by atoms with Crippen molar-refractivity contribution in [3.63, 3.8) is 0 Å². The first-order valence-electron chi connectivity index (χ1n) is 7.23. The molecule has 2 N–H and O–H groups in total. The number of carbonyl (C=O) groups excluding carboxylic acids is 1. The van der Waals surface area contributed by atoms with Gasteiger partial charge in [0.1, 0.15) is 16.3 Å². The fourth-order valence-electron chi connectivity index (χ4n) is 2.48. The number of thiocarbonyl (C=S) groups is 1. The Morgan fingerprint density at radius 3 is 2.71 bits per heavy atom. The molecule has 2 aliphatic rings. The van der Waals surface area contributed by atoms with E-state index < -0.39 is 0 Å². The van der Waals surface area contributed by atoms with Gasteiger partial charge in [0.25, 0.3) is 5.91 Å². The van der Waals surface area contributed by atoms with Gasteiger partial charge in [-0.2, -0.15) is 0 Å². The van der Waals surface area contributed by atoms with Crippen molar-refractivity contribution in [3.8, 4) is 0 Å². The normalized spacial score (nSPS) is 18.9. The lowest BCUT2D eigenvalue weighted by molar-refractivity contribution is -0.127. The molecule has 0 atom stereocenters. The van der Waals surface area contributed by atoms with E-state index in [4.69, 9.17) is 12.2 Å². The molecule has 5 heteroatoms. The molecule has 0 unspecified atom stereocenters. The molecule has 1 aliphatic heterocycles. The summed E-state index contributed by atoms with van der Waals surface area (Å²) in [6.45, 7) is 1.36. The van der Waals surface area contributed by atoms with Crippen LogP contribution in [0.3, 0.4) is 0 Å². The zero-order chi connectivity index (χ0) is 14.8. The number of carbonyl (C=O) groups is 1. The zero-order valence-corrected chi connectivity index (χ0v) is 12.5. The molecule has 110 valence electrons. The largest absolute Gasteiger partial charge is 0.511 e. The third-order valence-electron chi connectivity index (χ3n) is 3.84. The monoisotopic (exact) mass is 302 g/mol. The fraction of sp³-hybridized carbons (Fsp3) is 0.375. The molecule has 3 rings (SSSR count). The number of nitrogens with one attached hydrogen (secondary N) is 1. The molecular formula is C16H18N2O2S. The van der Waals surface area contributed by atoms with Gasteiger partial charge < -0.3 is 15.3 Å². The van der Waals surface area contributed by atoms with Crippen molar-refractivity contribution >= 4 is 28.8 Å². The number of hydrogen-bond donors (Lipinski definition) is 2. The topological polar surface area (TPSA) is 52.6 Å². The van der Waals surface area contributed by atoms with Gasteiger partial charge in [-0.1, -0.05) is 30.4 Å². The van der Waals surface area contributed by atoms with Crippen molar-refractivity contribution in [3.05, 3.63) is 41.7 Å². The molecule has 0 spiro atoms. The summed E-state index contributed by atoms with van der Waals surface area (Å²) in [6, 6.07) is 9.44. The lowest BCUT2D eigenvalue weighted by Gasteiger charge is -2.29. The van der Waals surface area contributed by atoms with Gasteiger partial charge >= 0.3 is 0 Å². The summed E-state index contributed by atoms with van der Waals surface area (Å²) >= 11 is 5.32. The van der Waals surface area contributed by atoms with Crippen molar-refractivity contribution in [2.75, 3.05) is 18.4 Å². The average molecular weight is 302 g/mol. The van der Waals surface area contributed by atoms with E-state index in [0.717, 1.165) is 12.2 Å². The van der Waals surface area contributed by atoms with Crippen molar-refractivity contribution in [1.29, 1.82) is 0 Å². The summed E-state index contributed by atoms with van der Waals surface area (Å²) in [5, 5.41) is 13.1. The predicted molar refractivity (Wildman–Crippen MR) is 86.2 cm³/mol. The molecule has 1 saturated carbocycles. The highest BCUT2D eigenvalue weighted by Crippen LogP contribution is 2.31. The Hall–Kier alpha value is -1.88. The quantitative estimate of drug-likeness (QED) is 0.840. The smallest absolute Gasteiger partial charge is 0.260 e. The zero-order valence-electron chi connectivity index (χ0n) is 11.7. The standard InChI is InChI=1S/C16H18N2O2S/c19-13-8-9-18(10-11-6-7-11)16(20)14(13)15(21)17-12-4-2-1-3-5-12/h1-5,11,19H,6-10H2,(H,17,21). The van der Waals surface area contributed by atoms with E-state index in [1.807, 2.05) is 35.2 Å². The molecule has 0 saturated heterocycles. The summed E-state index contributed by atoms with van der Waals surface area (Å²) in [5.41, 5.74) is 1.07. The molecule has 1 aromatic carbocycles. The van der Waals surface area contributed by atoms with Crippen LogP contribution in [0.1, 0.15) is 19.3 Å². The number of aliphatic hydroxyl groups excluding tert-OH is 1. The summed E-state index contributed by atoms with van der Waals surface area (Å²) in [6.07, 6.45) is 2.87. The second-order valence-corrected chi connectivity index (χ2v) is 5.99. The minimum atomic E-state index is -0.154. The van der Waals surface area contributed by atoms with E-state index >= 15 is 0 Å². The molecule has 1 fully saturated rings. The van der Waals surface area contributed by atoms with Gasteiger partial charge in [-0.15, -0.1) is 0 Å².